The predicted octanol–water partition coefficient (Wildman–Crippen LogP) is 14.2. The highest BCUT2D eigenvalue weighted by atomic mass is 16.5. The number of aromatic nitrogens is 4. The lowest BCUT2D eigenvalue weighted by molar-refractivity contribution is 0.0256. The van der Waals surface area contributed by atoms with Gasteiger partial charge in [0.2, 0.25) is 0 Å². The first kappa shape index (κ1) is 69.1. The van der Waals surface area contributed by atoms with Crippen LogP contribution in [0.2, 0.25) is 0 Å². The van der Waals surface area contributed by atoms with Gasteiger partial charge in [0, 0.05) is 82.3 Å². The second kappa shape index (κ2) is 34.1. The quantitative estimate of drug-likeness (QED) is 0.0219. The van der Waals surface area contributed by atoms with Crippen LogP contribution in [0.15, 0.2) is 237 Å². The number of esters is 3. The first-order chi connectivity index (χ1) is 47.2. The van der Waals surface area contributed by atoms with Crippen molar-refractivity contribution in [3.05, 3.63) is 298 Å². The summed E-state index contributed by atoms with van der Waals surface area (Å²) in [5, 5.41) is 65.8. The Morgan fingerprint density at radius 1 is 0.412 bits per heavy atom. The molecule has 12 rings (SSSR count). The third-order valence-corrected chi connectivity index (χ3v) is 16.8. The molecule has 16 nitrogen and oxygen atoms in total. The number of rotatable bonds is 26. The topological polar surface area (TPSA) is 228 Å². The van der Waals surface area contributed by atoms with Crippen LogP contribution in [0.5, 0.6) is 17.2 Å². The number of para-hydroxylation sites is 4. The second-order valence-corrected chi connectivity index (χ2v) is 24.1. The molecule has 16 heteroatoms. The van der Waals surface area contributed by atoms with Crippen molar-refractivity contribution in [2.75, 3.05) is 19.8 Å². The molecule has 0 fully saturated rings. The van der Waals surface area contributed by atoms with Gasteiger partial charge in [0.05, 0.1) is 65.9 Å². The van der Waals surface area contributed by atoms with Gasteiger partial charge in [-0.25, -0.2) is 14.4 Å². The maximum atomic E-state index is 12.2. The molecule has 97 heavy (non-hydrogen) atoms. The molecule has 0 aliphatic carbocycles. The zero-order chi connectivity index (χ0) is 68.0. The Labute approximate surface area is 564 Å². The molecule has 4 heterocycles. The summed E-state index contributed by atoms with van der Waals surface area (Å²) >= 11 is 0. The lowest BCUT2D eigenvalue weighted by atomic mass is 10.0. The lowest BCUT2D eigenvalue weighted by Crippen LogP contribution is -2.21. The van der Waals surface area contributed by atoms with Crippen LogP contribution in [0.4, 0.5) is 0 Å². The van der Waals surface area contributed by atoms with Gasteiger partial charge in [-0.1, -0.05) is 160 Å². The van der Waals surface area contributed by atoms with E-state index in [-0.39, 0.29) is 37.9 Å². The van der Waals surface area contributed by atoms with Crippen molar-refractivity contribution in [2.24, 2.45) is 0 Å². The van der Waals surface area contributed by atoms with Crippen LogP contribution in [-0.2, 0) is 65.9 Å². The third-order valence-electron chi connectivity index (χ3n) is 16.8. The standard InChI is InChI=1S/C29H31NO4.C27H28N2O3.C25H23NO5/c1-2-3-10-21-13-9-14-23(28(21)32)18-30-19-24(26-15-7-8-16-27(26)30)17-25(31)20-34-29(33)22-11-5-4-6-12-22;1-2-8-20-13-14-28-23(15-20)18-29-17-22(25-11-6-7-12-26(25)29)16-24(30)19-32-27(31)21-9-4-3-5-10-21;27-19(16-31-25(30)17-7-2-1-3-8-17)13-18-14-26(22-10-5-4-9-20(18)22)15-21-23(28)11-6-12-24(21)29/h4-9,11-16,19,25,31-32H,2-3,10,17-18,20H2,1H3;3-7,9-15,17,24,30H,2,8,16,18-19H2,1H3;1-12,14,19,27-29H,13,15-16H2/t25-;24-;19-/m000/s1. The molecule has 0 radical (unpaired) electrons. The van der Waals surface area contributed by atoms with Gasteiger partial charge >= 0.3 is 17.9 Å². The number of aromatic hydroxyl groups is 3. The van der Waals surface area contributed by atoms with Crippen LogP contribution in [0, 0.1) is 0 Å². The molecule has 0 bridgehead atoms. The van der Waals surface area contributed by atoms with Gasteiger partial charge in [-0.15, -0.1) is 0 Å². The van der Waals surface area contributed by atoms with Crippen molar-refractivity contribution in [3.63, 3.8) is 0 Å². The van der Waals surface area contributed by atoms with E-state index in [4.69, 9.17) is 14.2 Å². The van der Waals surface area contributed by atoms with Crippen molar-refractivity contribution in [2.45, 2.75) is 103 Å². The molecule has 8 aromatic carbocycles. The van der Waals surface area contributed by atoms with E-state index >= 15 is 0 Å². The number of hydrogen-bond donors (Lipinski definition) is 6. The van der Waals surface area contributed by atoms with Crippen molar-refractivity contribution in [3.8, 4) is 17.2 Å². The van der Waals surface area contributed by atoms with Crippen LogP contribution in [0.1, 0.15) is 109 Å². The molecule has 0 aliphatic heterocycles. The van der Waals surface area contributed by atoms with Crippen LogP contribution < -0.4 is 0 Å². The Kier molecular flexibility index (Phi) is 24.2. The van der Waals surface area contributed by atoms with Gasteiger partial charge in [-0.3, -0.25) is 4.98 Å². The fourth-order valence-electron chi connectivity index (χ4n) is 11.9. The molecule has 0 saturated carbocycles. The highest BCUT2D eigenvalue weighted by molar-refractivity contribution is 5.91. The van der Waals surface area contributed by atoms with Crippen LogP contribution in [0.3, 0.4) is 0 Å². The first-order valence-electron chi connectivity index (χ1n) is 32.9. The smallest absolute Gasteiger partial charge is 0.338 e. The number of aryl methyl sites for hydroxylation is 2. The zero-order valence-electron chi connectivity index (χ0n) is 54.6. The molecule has 12 aromatic rings. The Morgan fingerprint density at radius 2 is 0.804 bits per heavy atom. The normalized spacial score (nSPS) is 12.1. The highest BCUT2D eigenvalue weighted by Crippen LogP contribution is 2.32. The summed E-state index contributed by atoms with van der Waals surface area (Å²) < 4.78 is 22.1. The number of benzene rings is 8. The summed E-state index contributed by atoms with van der Waals surface area (Å²) in [5.74, 6) is -0.940. The molecule has 6 N–H and O–H groups in total. The van der Waals surface area contributed by atoms with E-state index in [0.29, 0.717) is 60.4 Å². The Balaban J connectivity index is 0.000000158. The fourth-order valence-corrected chi connectivity index (χ4v) is 11.9. The van der Waals surface area contributed by atoms with Crippen molar-refractivity contribution < 1.29 is 59.2 Å². The summed E-state index contributed by atoms with van der Waals surface area (Å²) in [6.45, 7) is 5.55. The summed E-state index contributed by atoms with van der Waals surface area (Å²) in [7, 11) is 0. The van der Waals surface area contributed by atoms with E-state index in [1.807, 2.05) is 120 Å². The number of carbonyl (C=O) groups excluding carboxylic acids is 3. The Morgan fingerprint density at radius 3 is 1.24 bits per heavy atom. The Bertz CT molecular complexity index is 4520. The van der Waals surface area contributed by atoms with Gasteiger partial charge in [-0.05, 0) is 126 Å². The van der Waals surface area contributed by atoms with Crippen LogP contribution in [0.25, 0.3) is 32.7 Å². The fraction of sp³-hybridized carbons (Fsp3) is 0.235. The minimum absolute atomic E-state index is 0.0205. The van der Waals surface area contributed by atoms with Gasteiger partial charge in [0.15, 0.2) is 0 Å². The number of aliphatic hydroxyl groups is 3. The van der Waals surface area contributed by atoms with E-state index in [2.05, 4.69) is 58.4 Å². The van der Waals surface area contributed by atoms with Gasteiger partial charge in [0.1, 0.15) is 37.1 Å². The number of carbonyl (C=O) groups is 3. The SMILES string of the molecule is CCCCc1cccc(Cn2cc(C[C@H](O)COC(=O)c3ccccc3)c3ccccc32)c1O.CCCc1ccnc(Cn2cc(C[C@H](O)COC(=O)c3ccccc3)c3ccccc32)c1.O=C(OC[C@@H](O)Cc1cn(Cc2c(O)cccc2O)c2ccccc12)c1ccccc1. The molecule has 0 amide bonds. The van der Waals surface area contributed by atoms with Crippen molar-refractivity contribution in [1.82, 2.24) is 18.7 Å². The highest BCUT2D eigenvalue weighted by Gasteiger charge is 2.21. The first-order valence-corrected chi connectivity index (χ1v) is 32.9. The maximum absolute atomic E-state index is 12.2. The van der Waals surface area contributed by atoms with Gasteiger partial charge in [0.25, 0.3) is 0 Å². The van der Waals surface area contributed by atoms with E-state index in [0.717, 1.165) is 98.3 Å². The molecule has 4 aromatic heterocycles. The Hall–Kier alpha value is -10.8. The molecule has 0 aliphatic rings. The summed E-state index contributed by atoms with van der Waals surface area (Å²) in [6.07, 6.45) is 11.6. The molecule has 0 unspecified atom stereocenters. The van der Waals surface area contributed by atoms with E-state index in [1.54, 1.807) is 78.9 Å². The van der Waals surface area contributed by atoms with E-state index in [1.165, 1.54) is 17.7 Å². The average Bonchev–Trinajstić information content (AvgIpc) is 1.69. The maximum Gasteiger partial charge on any atom is 0.338 e. The number of pyridine rings is 1. The summed E-state index contributed by atoms with van der Waals surface area (Å²) in [5.41, 5.74) is 11.9. The number of hydrogen-bond acceptors (Lipinski definition) is 13. The monoisotopic (exact) mass is 1300 g/mol. The predicted molar refractivity (Wildman–Crippen MR) is 377 cm³/mol. The molecule has 0 saturated heterocycles. The van der Waals surface area contributed by atoms with Crippen LogP contribution >= 0.6 is 0 Å². The number of aliphatic hydroxyl groups excluding tert-OH is 3. The third kappa shape index (κ3) is 18.6. The largest absolute Gasteiger partial charge is 0.507 e. The van der Waals surface area contributed by atoms with Crippen molar-refractivity contribution in [1.29, 1.82) is 0 Å². The number of ether oxygens (including phenoxy) is 3. The van der Waals surface area contributed by atoms with E-state index < -0.39 is 36.2 Å². The van der Waals surface area contributed by atoms with E-state index in [9.17, 15) is 45.0 Å². The molecular weight excluding hydrogens is 1220 g/mol. The van der Waals surface area contributed by atoms with Crippen molar-refractivity contribution >= 4 is 50.6 Å². The zero-order valence-corrected chi connectivity index (χ0v) is 54.6. The minimum atomic E-state index is -0.870. The summed E-state index contributed by atoms with van der Waals surface area (Å²) in [4.78, 5) is 41.0. The molecule has 0 spiro atoms. The van der Waals surface area contributed by atoms with Gasteiger partial charge < -0.3 is 58.6 Å². The summed E-state index contributed by atoms with van der Waals surface area (Å²) in [6, 6.07) is 65.0. The average molecular weight is 1300 g/mol. The number of fused-ring (bicyclic) bond motifs is 3. The number of phenolic OH excluding ortho intramolecular Hbond substituents is 3. The van der Waals surface area contributed by atoms with Gasteiger partial charge in [-0.2, -0.15) is 0 Å². The number of phenols is 3. The molecule has 3 atom stereocenters. The number of unbranched alkanes of at least 4 members (excludes halogenated alkanes) is 1. The molecule has 498 valence electrons. The minimum Gasteiger partial charge on any atom is -0.507 e. The van der Waals surface area contributed by atoms with Crippen LogP contribution in [-0.4, -0.2) is 105 Å². The number of nitrogens with zero attached hydrogens (tertiary/aromatic N) is 4. The lowest BCUT2D eigenvalue weighted by Gasteiger charge is -2.12. The molecular formula is C81H82N4O12. The second-order valence-electron chi connectivity index (χ2n) is 24.1.